The smallest absolute Gasteiger partial charge is 0.229 e. The quantitative estimate of drug-likeness (QED) is 0.327. The lowest BCUT2D eigenvalue weighted by molar-refractivity contribution is -0.118. The van der Waals surface area contributed by atoms with Crippen molar-refractivity contribution < 1.29 is 17.6 Å². The summed E-state index contributed by atoms with van der Waals surface area (Å²) in [5.41, 5.74) is 1.24. The van der Waals surface area contributed by atoms with Crippen LogP contribution in [-0.2, 0) is 21.2 Å². The fraction of sp³-hybridized carbons (Fsp3) is 0.174. The van der Waals surface area contributed by atoms with Crippen molar-refractivity contribution in [2.45, 2.75) is 24.3 Å². The number of pyridine rings is 1. The fourth-order valence-corrected chi connectivity index (χ4v) is 5.67. The zero-order valence-electron chi connectivity index (χ0n) is 17.3. The number of carbonyl (C=O) groups is 1. The number of halogens is 2. The summed E-state index contributed by atoms with van der Waals surface area (Å²) in [6.45, 7) is 0.173. The van der Waals surface area contributed by atoms with Crippen molar-refractivity contribution in [3.05, 3.63) is 83.4 Å². The molecule has 0 radical (unpaired) electrons. The molecule has 0 aliphatic carbocycles. The van der Waals surface area contributed by atoms with E-state index in [1.165, 1.54) is 52.6 Å². The number of hydrogen-bond acceptors (Lipinski definition) is 6. The summed E-state index contributed by atoms with van der Waals surface area (Å²) in [6, 6.07) is 15.6. The monoisotopic (exact) mass is 503 g/mol. The van der Waals surface area contributed by atoms with Gasteiger partial charge in [0.25, 0.3) is 0 Å². The Kier molecular flexibility index (Phi) is 7.02. The molecule has 0 saturated heterocycles. The highest BCUT2D eigenvalue weighted by molar-refractivity contribution is 7.91. The van der Waals surface area contributed by atoms with Crippen molar-refractivity contribution in [1.82, 2.24) is 9.97 Å². The highest BCUT2D eigenvalue weighted by Crippen LogP contribution is 2.31. The number of rotatable bonds is 8. The van der Waals surface area contributed by atoms with Crippen LogP contribution in [0.4, 0.5) is 9.52 Å². The van der Waals surface area contributed by atoms with Gasteiger partial charge >= 0.3 is 0 Å². The maximum atomic E-state index is 13.6. The molecule has 0 bridgehead atoms. The third-order valence-electron chi connectivity index (χ3n) is 4.89. The number of hydrogen-bond donors (Lipinski definition) is 0. The molecule has 0 spiro atoms. The number of anilines is 1. The van der Waals surface area contributed by atoms with Crippen molar-refractivity contribution in [2.24, 2.45) is 0 Å². The summed E-state index contributed by atoms with van der Waals surface area (Å²) in [5, 5.41) is 0.858. The molecule has 10 heteroatoms. The zero-order valence-corrected chi connectivity index (χ0v) is 19.7. The lowest BCUT2D eigenvalue weighted by atomic mass is 10.2. The molecule has 6 nitrogen and oxygen atoms in total. The molecular weight excluding hydrogens is 485 g/mol. The minimum atomic E-state index is -3.54. The Balaban J connectivity index is 1.52. The van der Waals surface area contributed by atoms with Crippen molar-refractivity contribution in [3.63, 3.8) is 0 Å². The van der Waals surface area contributed by atoms with Gasteiger partial charge in [-0.15, -0.1) is 0 Å². The van der Waals surface area contributed by atoms with Crippen LogP contribution in [0.2, 0.25) is 5.02 Å². The summed E-state index contributed by atoms with van der Waals surface area (Å²) in [5.74, 6) is -0.845. The van der Waals surface area contributed by atoms with Crippen LogP contribution in [0, 0.1) is 5.82 Å². The Morgan fingerprint density at radius 3 is 2.61 bits per heavy atom. The first-order chi connectivity index (χ1) is 15.8. The molecule has 0 aliphatic heterocycles. The molecule has 2 heterocycles. The molecular formula is C23H19ClFN3O3S2. The molecule has 1 amide bonds. The summed E-state index contributed by atoms with van der Waals surface area (Å²) >= 11 is 7.03. The van der Waals surface area contributed by atoms with E-state index in [1.807, 2.05) is 6.07 Å². The van der Waals surface area contributed by atoms with Gasteiger partial charge in [0.15, 0.2) is 15.0 Å². The van der Waals surface area contributed by atoms with E-state index in [1.54, 1.807) is 24.4 Å². The Labute approximate surface area is 199 Å². The Morgan fingerprint density at radius 1 is 1.09 bits per heavy atom. The maximum Gasteiger partial charge on any atom is 0.229 e. The van der Waals surface area contributed by atoms with Crippen molar-refractivity contribution in [1.29, 1.82) is 0 Å². The predicted molar refractivity (Wildman–Crippen MR) is 128 cm³/mol. The standard InChI is InChI=1S/C23H19ClFN3O3S2/c24-16-6-9-19(10-7-16)33(30,31)13-3-5-22(29)28(15-18-4-1-2-12-26-18)23-27-20-11-8-17(25)14-21(20)32-23/h1-2,4,6-12,14H,3,5,13,15H2. The molecule has 0 fully saturated rings. The molecule has 0 aliphatic rings. The van der Waals surface area contributed by atoms with E-state index in [2.05, 4.69) is 9.97 Å². The Bertz CT molecular complexity index is 1380. The number of amides is 1. The summed E-state index contributed by atoms with van der Waals surface area (Å²) in [6.07, 6.45) is 1.77. The third kappa shape index (κ3) is 5.73. The van der Waals surface area contributed by atoms with E-state index < -0.39 is 9.84 Å². The van der Waals surface area contributed by atoms with E-state index in [0.29, 0.717) is 26.1 Å². The van der Waals surface area contributed by atoms with Crippen molar-refractivity contribution >= 4 is 54.0 Å². The molecule has 0 unspecified atom stereocenters. The molecule has 2 aromatic heterocycles. The summed E-state index contributed by atoms with van der Waals surface area (Å²) in [4.78, 5) is 23.5. The van der Waals surface area contributed by atoms with Gasteiger partial charge in [-0.05, 0) is 61.0 Å². The second-order valence-electron chi connectivity index (χ2n) is 7.29. The summed E-state index contributed by atoms with van der Waals surface area (Å²) in [7, 11) is -3.54. The van der Waals surface area contributed by atoms with Gasteiger partial charge in [0.2, 0.25) is 5.91 Å². The average molecular weight is 504 g/mol. The Hall–Kier alpha value is -2.88. The van der Waals surface area contributed by atoms with Crippen molar-refractivity contribution in [3.8, 4) is 0 Å². The van der Waals surface area contributed by atoms with Crippen LogP contribution < -0.4 is 4.90 Å². The summed E-state index contributed by atoms with van der Waals surface area (Å²) < 4.78 is 39.4. The highest BCUT2D eigenvalue weighted by atomic mass is 35.5. The number of carbonyl (C=O) groups excluding carboxylic acids is 1. The van der Waals surface area contributed by atoms with Crippen LogP contribution in [0.5, 0.6) is 0 Å². The second kappa shape index (κ2) is 9.94. The highest BCUT2D eigenvalue weighted by Gasteiger charge is 2.22. The lowest BCUT2D eigenvalue weighted by Crippen LogP contribution is -2.30. The van der Waals surface area contributed by atoms with Gasteiger partial charge in [-0.1, -0.05) is 29.0 Å². The SMILES string of the molecule is O=C(CCCS(=O)(=O)c1ccc(Cl)cc1)N(Cc1ccccn1)c1nc2ccc(F)cc2s1. The van der Waals surface area contributed by atoms with Gasteiger partial charge in [0.1, 0.15) is 5.82 Å². The number of nitrogens with zero attached hydrogens (tertiary/aromatic N) is 3. The topological polar surface area (TPSA) is 80.2 Å². The number of benzene rings is 2. The van der Waals surface area contributed by atoms with E-state index >= 15 is 0 Å². The molecule has 0 N–H and O–H groups in total. The second-order valence-corrected chi connectivity index (χ2v) is 10.8. The van der Waals surface area contributed by atoms with Crippen LogP contribution in [0.3, 0.4) is 0 Å². The first kappa shape index (κ1) is 23.3. The van der Waals surface area contributed by atoms with Gasteiger partial charge in [-0.25, -0.2) is 17.8 Å². The van der Waals surface area contributed by atoms with Gasteiger partial charge in [0, 0.05) is 17.6 Å². The van der Waals surface area contributed by atoms with Crippen LogP contribution in [-0.4, -0.2) is 30.0 Å². The van der Waals surface area contributed by atoms with Crippen LogP contribution in [0.25, 0.3) is 10.2 Å². The minimum absolute atomic E-state index is 0.00391. The van der Waals surface area contributed by atoms with Crippen LogP contribution in [0.15, 0.2) is 71.8 Å². The molecule has 0 saturated carbocycles. The molecule has 170 valence electrons. The van der Waals surface area contributed by atoms with Crippen LogP contribution >= 0.6 is 22.9 Å². The largest absolute Gasteiger partial charge is 0.282 e. The number of thiazole rings is 1. The zero-order chi connectivity index (χ0) is 23.4. The number of sulfone groups is 1. The predicted octanol–water partition coefficient (Wildman–Crippen LogP) is 5.27. The van der Waals surface area contributed by atoms with Crippen molar-refractivity contribution in [2.75, 3.05) is 10.7 Å². The van der Waals surface area contributed by atoms with E-state index in [0.717, 1.165) is 0 Å². The first-order valence-corrected chi connectivity index (χ1v) is 12.9. The van der Waals surface area contributed by atoms with Crippen LogP contribution in [0.1, 0.15) is 18.5 Å². The average Bonchev–Trinajstić information content (AvgIpc) is 3.21. The minimum Gasteiger partial charge on any atom is -0.282 e. The van der Waals surface area contributed by atoms with Gasteiger partial charge < -0.3 is 0 Å². The molecule has 33 heavy (non-hydrogen) atoms. The van der Waals surface area contributed by atoms with Gasteiger partial charge in [-0.2, -0.15) is 0 Å². The first-order valence-electron chi connectivity index (χ1n) is 10.1. The molecule has 0 atom stereocenters. The van der Waals surface area contributed by atoms with Gasteiger partial charge in [0.05, 0.1) is 33.1 Å². The fourth-order valence-electron chi connectivity index (χ4n) is 3.23. The maximum absolute atomic E-state index is 13.6. The number of aromatic nitrogens is 2. The van der Waals surface area contributed by atoms with E-state index in [9.17, 15) is 17.6 Å². The Morgan fingerprint density at radius 2 is 1.88 bits per heavy atom. The lowest BCUT2D eigenvalue weighted by Gasteiger charge is -2.19. The third-order valence-corrected chi connectivity index (χ3v) is 8.00. The normalized spacial score (nSPS) is 11.6. The van der Waals surface area contributed by atoms with E-state index in [-0.39, 0.29) is 41.8 Å². The van der Waals surface area contributed by atoms with Gasteiger partial charge in [-0.3, -0.25) is 14.7 Å². The molecule has 4 aromatic rings. The number of fused-ring (bicyclic) bond motifs is 1. The molecule has 4 rings (SSSR count). The molecule has 2 aromatic carbocycles. The van der Waals surface area contributed by atoms with E-state index in [4.69, 9.17) is 11.6 Å².